The molecule has 2 N–H and O–H groups in total. The standard InChI is InChI=1S/C18H18F2N2O5S/c1-11(13-8-7-12(19)9-15(13)20)21-17(23)10-27-18(24)14-5-3-4-6-16(14)22-28(2,25)26/h3-9,11,22H,10H2,1-2H3,(H,21,23)/t11-/m1/s1. The van der Waals surface area contributed by atoms with Gasteiger partial charge in [0.1, 0.15) is 11.6 Å². The van der Waals surface area contributed by atoms with Gasteiger partial charge in [0.2, 0.25) is 10.0 Å². The summed E-state index contributed by atoms with van der Waals surface area (Å²) in [5.74, 6) is -3.18. The van der Waals surface area contributed by atoms with Crippen molar-refractivity contribution in [1.29, 1.82) is 0 Å². The molecular formula is C18H18F2N2O5S. The number of sulfonamides is 1. The van der Waals surface area contributed by atoms with Gasteiger partial charge < -0.3 is 10.1 Å². The number of ether oxygens (including phenoxy) is 1. The van der Waals surface area contributed by atoms with E-state index in [0.717, 1.165) is 12.3 Å². The van der Waals surface area contributed by atoms with Crippen LogP contribution in [0, 0.1) is 11.6 Å². The fourth-order valence-electron chi connectivity index (χ4n) is 2.37. The van der Waals surface area contributed by atoms with Crippen molar-refractivity contribution < 1.29 is 31.5 Å². The SMILES string of the molecule is C[C@@H](NC(=O)COC(=O)c1ccccc1NS(C)(=O)=O)c1ccc(F)cc1F. The Kier molecular flexibility index (Phi) is 6.68. The molecule has 2 aromatic carbocycles. The van der Waals surface area contributed by atoms with E-state index in [1.807, 2.05) is 0 Å². The number of nitrogens with one attached hydrogen (secondary N) is 2. The van der Waals surface area contributed by atoms with E-state index in [9.17, 15) is 26.8 Å². The normalized spacial score (nSPS) is 12.1. The van der Waals surface area contributed by atoms with Gasteiger partial charge in [0, 0.05) is 11.6 Å². The number of hydrogen-bond acceptors (Lipinski definition) is 5. The smallest absolute Gasteiger partial charge is 0.340 e. The number of anilines is 1. The molecule has 0 unspecified atom stereocenters. The average Bonchev–Trinajstić information content (AvgIpc) is 2.58. The Labute approximate surface area is 160 Å². The summed E-state index contributed by atoms with van der Waals surface area (Å²) in [5, 5.41) is 2.43. The molecule has 0 spiro atoms. The van der Waals surface area contributed by atoms with Gasteiger partial charge in [0.15, 0.2) is 6.61 Å². The van der Waals surface area contributed by atoms with Crippen molar-refractivity contribution in [1.82, 2.24) is 5.32 Å². The molecule has 1 amide bonds. The van der Waals surface area contributed by atoms with Crippen molar-refractivity contribution in [3.05, 3.63) is 65.2 Å². The molecule has 0 radical (unpaired) electrons. The van der Waals surface area contributed by atoms with Crippen LogP contribution in [0.2, 0.25) is 0 Å². The molecule has 0 bridgehead atoms. The monoisotopic (exact) mass is 412 g/mol. The van der Waals surface area contributed by atoms with E-state index in [1.165, 1.54) is 37.3 Å². The van der Waals surface area contributed by atoms with Crippen molar-refractivity contribution in [2.75, 3.05) is 17.6 Å². The van der Waals surface area contributed by atoms with Gasteiger partial charge in [-0.2, -0.15) is 0 Å². The van der Waals surface area contributed by atoms with Crippen LogP contribution in [0.5, 0.6) is 0 Å². The third-order valence-corrected chi connectivity index (χ3v) is 4.17. The second kappa shape index (κ2) is 8.79. The number of amides is 1. The van der Waals surface area contributed by atoms with E-state index >= 15 is 0 Å². The Morgan fingerprint density at radius 2 is 1.82 bits per heavy atom. The molecule has 2 rings (SSSR count). The lowest BCUT2D eigenvalue weighted by molar-refractivity contribution is -0.124. The van der Waals surface area contributed by atoms with Gasteiger partial charge in [0.25, 0.3) is 5.91 Å². The van der Waals surface area contributed by atoms with E-state index in [1.54, 1.807) is 0 Å². The van der Waals surface area contributed by atoms with Crippen LogP contribution in [0.3, 0.4) is 0 Å². The van der Waals surface area contributed by atoms with Crippen LogP contribution in [0.1, 0.15) is 28.9 Å². The first kappa shape index (κ1) is 21.3. The van der Waals surface area contributed by atoms with Gasteiger partial charge in [-0.25, -0.2) is 22.0 Å². The Hall–Kier alpha value is -3.01. The quantitative estimate of drug-likeness (QED) is 0.680. The first-order chi connectivity index (χ1) is 13.1. The van der Waals surface area contributed by atoms with Crippen molar-refractivity contribution in [2.45, 2.75) is 13.0 Å². The van der Waals surface area contributed by atoms with Gasteiger partial charge in [-0.05, 0) is 25.1 Å². The summed E-state index contributed by atoms with van der Waals surface area (Å²) in [4.78, 5) is 24.1. The highest BCUT2D eigenvalue weighted by atomic mass is 32.2. The molecule has 10 heteroatoms. The summed E-state index contributed by atoms with van der Waals surface area (Å²) < 4.78 is 56.5. The minimum absolute atomic E-state index is 0.0113. The summed E-state index contributed by atoms with van der Waals surface area (Å²) in [5.41, 5.74) is 0.0132. The van der Waals surface area contributed by atoms with Gasteiger partial charge in [-0.3, -0.25) is 9.52 Å². The maximum atomic E-state index is 13.7. The first-order valence-corrected chi connectivity index (χ1v) is 9.94. The zero-order valence-corrected chi connectivity index (χ0v) is 15.8. The van der Waals surface area contributed by atoms with E-state index in [2.05, 4.69) is 10.0 Å². The van der Waals surface area contributed by atoms with Crippen molar-refractivity contribution in [3.8, 4) is 0 Å². The Morgan fingerprint density at radius 1 is 1.14 bits per heavy atom. The molecule has 0 saturated carbocycles. The van der Waals surface area contributed by atoms with Gasteiger partial charge in [-0.15, -0.1) is 0 Å². The molecular weight excluding hydrogens is 394 g/mol. The Bertz CT molecular complexity index is 995. The molecule has 0 aliphatic heterocycles. The summed E-state index contributed by atoms with van der Waals surface area (Å²) in [6.07, 6.45) is 0.929. The number of hydrogen-bond donors (Lipinski definition) is 2. The molecule has 0 aromatic heterocycles. The molecule has 2 aromatic rings. The van der Waals surface area contributed by atoms with Crippen LogP contribution < -0.4 is 10.0 Å². The lowest BCUT2D eigenvalue weighted by Gasteiger charge is -2.15. The molecule has 0 aliphatic rings. The van der Waals surface area contributed by atoms with E-state index in [-0.39, 0.29) is 16.8 Å². The number of rotatable bonds is 7. The van der Waals surface area contributed by atoms with Crippen LogP contribution in [-0.4, -0.2) is 33.2 Å². The van der Waals surface area contributed by atoms with Crippen molar-refractivity contribution in [2.24, 2.45) is 0 Å². The highest BCUT2D eigenvalue weighted by Crippen LogP contribution is 2.19. The largest absolute Gasteiger partial charge is 0.452 e. The number of carbonyl (C=O) groups is 2. The minimum Gasteiger partial charge on any atom is -0.452 e. The minimum atomic E-state index is -3.62. The van der Waals surface area contributed by atoms with Crippen LogP contribution in [0.25, 0.3) is 0 Å². The third-order valence-electron chi connectivity index (χ3n) is 3.58. The Morgan fingerprint density at radius 3 is 2.46 bits per heavy atom. The first-order valence-electron chi connectivity index (χ1n) is 8.05. The van der Waals surface area contributed by atoms with Crippen LogP contribution in [0.15, 0.2) is 42.5 Å². The summed E-state index contributed by atoms with van der Waals surface area (Å²) in [6, 6.07) is 7.91. The highest BCUT2D eigenvalue weighted by molar-refractivity contribution is 7.92. The molecule has 7 nitrogen and oxygen atoms in total. The fourth-order valence-corrected chi connectivity index (χ4v) is 2.95. The number of carbonyl (C=O) groups excluding carboxylic acids is 2. The number of para-hydroxylation sites is 1. The predicted molar refractivity (Wildman–Crippen MR) is 98.1 cm³/mol. The molecule has 28 heavy (non-hydrogen) atoms. The van der Waals surface area contributed by atoms with Gasteiger partial charge in [-0.1, -0.05) is 18.2 Å². The van der Waals surface area contributed by atoms with Crippen LogP contribution >= 0.6 is 0 Å². The molecule has 150 valence electrons. The second-order valence-corrected chi connectivity index (χ2v) is 7.70. The van der Waals surface area contributed by atoms with Crippen molar-refractivity contribution in [3.63, 3.8) is 0 Å². The summed E-state index contributed by atoms with van der Waals surface area (Å²) in [6.45, 7) is 0.820. The fraction of sp³-hybridized carbons (Fsp3) is 0.222. The molecule has 0 aliphatic carbocycles. The van der Waals surface area contributed by atoms with E-state index in [4.69, 9.17) is 4.74 Å². The van der Waals surface area contributed by atoms with E-state index < -0.39 is 46.2 Å². The maximum Gasteiger partial charge on any atom is 0.340 e. The molecule has 0 saturated heterocycles. The Balaban J connectivity index is 1.98. The van der Waals surface area contributed by atoms with Gasteiger partial charge in [0.05, 0.1) is 23.5 Å². The summed E-state index contributed by atoms with van der Waals surface area (Å²) >= 11 is 0. The third kappa shape index (κ3) is 6.02. The molecule has 1 atom stereocenters. The van der Waals surface area contributed by atoms with Crippen LogP contribution in [0.4, 0.5) is 14.5 Å². The number of benzene rings is 2. The molecule has 0 heterocycles. The van der Waals surface area contributed by atoms with Crippen LogP contribution in [-0.2, 0) is 19.6 Å². The zero-order valence-electron chi connectivity index (χ0n) is 15.0. The number of esters is 1. The average molecular weight is 412 g/mol. The highest BCUT2D eigenvalue weighted by Gasteiger charge is 2.18. The predicted octanol–water partition coefficient (Wildman–Crippen LogP) is 2.37. The molecule has 0 fully saturated rings. The lowest BCUT2D eigenvalue weighted by Crippen LogP contribution is -2.31. The zero-order chi connectivity index (χ0) is 20.9. The van der Waals surface area contributed by atoms with Gasteiger partial charge >= 0.3 is 5.97 Å². The topological polar surface area (TPSA) is 102 Å². The van der Waals surface area contributed by atoms with E-state index in [0.29, 0.717) is 6.07 Å². The number of halogens is 2. The second-order valence-electron chi connectivity index (χ2n) is 5.95. The maximum absolute atomic E-state index is 13.7. The summed E-state index contributed by atoms with van der Waals surface area (Å²) in [7, 11) is -3.62. The lowest BCUT2D eigenvalue weighted by atomic mass is 10.1. The van der Waals surface area contributed by atoms with Crippen molar-refractivity contribution >= 4 is 27.6 Å².